The number of rotatable bonds is 8. The van der Waals surface area contributed by atoms with E-state index in [0.717, 1.165) is 12.8 Å². The van der Waals surface area contributed by atoms with Crippen molar-refractivity contribution in [2.24, 2.45) is 11.5 Å². The molecule has 0 amide bonds. The molecule has 0 rings (SSSR count). The van der Waals surface area contributed by atoms with Gasteiger partial charge in [-0.3, -0.25) is 9.80 Å². The number of nitrogens with two attached hydrogens (primary N) is 2. The van der Waals surface area contributed by atoms with Crippen molar-refractivity contribution in [1.29, 1.82) is 0 Å². The molecule has 0 saturated heterocycles. The third kappa shape index (κ3) is 3.59. The van der Waals surface area contributed by atoms with E-state index in [1.54, 1.807) is 0 Å². The van der Waals surface area contributed by atoms with E-state index in [1.165, 1.54) is 0 Å². The molecule has 0 aliphatic rings. The zero-order valence-electron chi connectivity index (χ0n) is 15.9. The normalized spacial score (nSPS) is 19.7. The van der Waals surface area contributed by atoms with Crippen molar-refractivity contribution in [2.45, 2.75) is 76.9 Å². The zero-order valence-corrected chi connectivity index (χ0v) is 15.9. The van der Waals surface area contributed by atoms with Gasteiger partial charge in [-0.2, -0.15) is 0 Å². The van der Waals surface area contributed by atoms with Crippen molar-refractivity contribution in [3.8, 4) is 0 Å². The van der Waals surface area contributed by atoms with E-state index in [2.05, 4.69) is 13.8 Å². The molecule has 5 heteroatoms. The van der Waals surface area contributed by atoms with E-state index in [0.29, 0.717) is 0 Å². The predicted octanol–water partition coefficient (Wildman–Crippen LogP) is 1.81. The third-order valence-corrected chi connectivity index (χ3v) is 5.27. The molecule has 0 saturated carbocycles. The van der Waals surface area contributed by atoms with Crippen LogP contribution in [-0.2, 0) is 4.74 Å². The monoisotopic (exact) mass is 302 g/mol. The standard InChI is InChI=1S/C16H38N4O/c1-11-15(17,19(7)8)13(3,4)21-14(5,6)16(18,12-2)20(9)10/h11-12,17-18H2,1-10H3. The van der Waals surface area contributed by atoms with Gasteiger partial charge in [-0.1, -0.05) is 13.8 Å². The van der Waals surface area contributed by atoms with E-state index in [1.807, 2.05) is 65.7 Å². The van der Waals surface area contributed by atoms with Crippen LogP contribution >= 0.6 is 0 Å². The van der Waals surface area contributed by atoms with Crippen molar-refractivity contribution in [2.75, 3.05) is 28.2 Å². The Morgan fingerprint density at radius 2 is 0.952 bits per heavy atom. The maximum Gasteiger partial charge on any atom is 0.0972 e. The molecule has 0 aliphatic heterocycles. The topological polar surface area (TPSA) is 67.7 Å². The third-order valence-electron chi connectivity index (χ3n) is 5.27. The molecular weight excluding hydrogens is 264 g/mol. The molecule has 2 atom stereocenters. The summed E-state index contributed by atoms with van der Waals surface area (Å²) < 4.78 is 6.53. The van der Waals surface area contributed by atoms with Crippen LogP contribution < -0.4 is 11.5 Å². The Kier molecular flexibility index (Phi) is 6.44. The second kappa shape index (κ2) is 6.50. The molecule has 0 aromatic heterocycles. The van der Waals surface area contributed by atoms with Crippen LogP contribution in [0.1, 0.15) is 54.4 Å². The van der Waals surface area contributed by atoms with Crippen LogP contribution in [-0.4, -0.2) is 60.5 Å². The highest BCUT2D eigenvalue weighted by Crippen LogP contribution is 2.38. The van der Waals surface area contributed by atoms with Gasteiger partial charge in [0.1, 0.15) is 0 Å². The lowest BCUT2D eigenvalue weighted by Gasteiger charge is -2.55. The Labute approximate surface area is 132 Å². The summed E-state index contributed by atoms with van der Waals surface area (Å²) >= 11 is 0. The molecule has 0 aromatic rings. The first-order valence-corrected chi connectivity index (χ1v) is 7.84. The molecule has 0 bridgehead atoms. The van der Waals surface area contributed by atoms with Gasteiger partial charge >= 0.3 is 0 Å². The Balaban J connectivity index is 5.61. The average molecular weight is 303 g/mol. The summed E-state index contributed by atoms with van der Waals surface area (Å²) in [5, 5.41) is 0. The van der Waals surface area contributed by atoms with Crippen molar-refractivity contribution >= 4 is 0 Å². The fourth-order valence-corrected chi connectivity index (χ4v) is 3.38. The molecule has 2 unspecified atom stereocenters. The molecular formula is C16H38N4O. The van der Waals surface area contributed by atoms with Gasteiger partial charge in [0.25, 0.3) is 0 Å². The minimum absolute atomic E-state index is 0.551. The first-order valence-electron chi connectivity index (χ1n) is 7.84. The van der Waals surface area contributed by atoms with Crippen LogP contribution in [0.5, 0.6) is 0 Å². The number of likely N-dealkylation sites (N-methyl/N-ethyl adjacent to an activating group) is 2. The van der Waals surface area contributed by atoms with E-state index in [4.69, 9.17) is 16.2 Å². The first-order chi connectivity index (χ1) is 9.22. The average Bonchev–Trinajstić information content (AvgIpc) is 2.34. The largest absolute Gasteiger partial charge is 0.363 e. The fourth-order valence-electron chi connectivity index (χ4n) is 3.38. The maximum absolute atomic E-state index is 6.63. The lowest BCUT2D eigenvalue weighted by Crippen LogP contribution is -2.73. The highest BCUT2D eigenvalue weighted by atomic mass is 16.5. The van der Waals surface area contributed by atoms with Gasteiger partial charge in [0.15, 0.2) is 0 Å². The molecule has 128 valence electrons. The van der Waals surface area contributed by atoms with Gasteiger partial charge in [0.2, 0.25) is 0 Å². The van der Waals surface area contributed by atoms with Gasteiger partial charge in [0, 0.05) is 0 Å². The van der Waals surface area contributed by atoms with Crippen LogP contribution in [0.25, 0.3) is 0 Å². The molecule has 0 radical (unpaired) electrons. The van der Waals surface area contributed by atoms with Gasteiger partial charge < -0.3 is 16.2 Å². The Morgan fingerprint density at radius 3 is 1.10 bits per heavy atom. The number of hydrogen-bond acceptors (Lipinski definition) is 5. The van der Waals surface area contributed by atoms with Gasteiger partial charge in [-0.15, -0.1) is 0 Å². The quantitative estimate of drug-likeness (QED) is 0.669. The van der Waals surface area contributed by atoms with E-state index >= 15 is 0 Å². The minimum Gasteiger partial charge on any atom is -0.363 e. The molecule has 0 aromatic carbocycles. The Morgan fingerprint density at radius 1 is 0.714 bits per heavy atom. The molecule has 4 N–H and O–H groups in total. The summed E-state index contributed by atoms with van der Waals surface area (Å²) in [7, 11) is 7.96. The summed E-state index contributed by atoms with van der Waals surface area (Å²) in [6.07, 6.45) is 1.57. The number of ether oxygens (including phenoxy) is 1. The van der Waals surface area contributed by atoms with Crippen LogP contribution in [0.15, 0.2) is 0 Å². The minimum atomic E-state index is -0.564. The highest BCUT2D eigenvalue weighted by molar-refractivity contribution is 5.03. The van der Waals surface area contributed by atoms with E-state index < -0.39 is 22.5 Å². The summed E-state index contributed by atoms with van der Waals surface area (Å²) in [4.78, 5) is 4.06. The lowest BCUT2D eigenvalue weighted by atomic mass is 9.83. The summed E-state index contributed by atoms with van der Waals surface area (Å²) in [5.41, 5.74) is 11.0. The second-order valence-corrected chi connectivity index (χ2v) is 7.47. The molecule has 0 fully saturated rings. The van der Waals surface area contributed by atoms with E-state index in [-0.39, 0.29) is 0 Å². The smallest absolute Gasteiger partial charge is 0.0972 e. The first kappa shape index (κ1) is 20.8. The maximum atomic E-state index is 6.63. The summed E-state index contributed by atoms with van der Waals surface area (Å²) in [5.74, 6) is 0. The van der Waals surface area contributed by atoms with Crippen molar-refractivity contribution in [3.63, 3.8) is 0 Å². The second-order valence-electron chi connectivity index (χ2n) is 7.47. The Bertz CT molecular complexity index is 309. The Hall–Kier alpha value is -0.200. The summed E-state index contributed by atoms with van der Waals surface area (Å²) in [6.45, 7) is 12.3. The lowest BCUT2D eigenvalue weighted by molar-refractivity contribution is -0.227. The van der Waals surface area contributed by atoms with Crippen molar-refractivity contribution in [1.82, 2.24) is 9.80 Å². The number of nitrogens with zero attached hydrogens (tertiary/aromatic N) is 2. The van der Waals surface area contributed by atoms with Crippen LogP contribution in [0.4, 0.5) is 0 Å². The van der Waals surface area contributed by atoms with Crippen LogP contribution in [0.3, 0.4) is 0 Å². The molecule has 21 heavy (non-hydrogen) atoms. The SMILES string of the molecule is CCC(N)(N(C)C)C(C)(C)OC(C)(C)C(N)(CC)N(C)C. The summed E-state index contributed by atoms with van der Waals surface area (Å²) in [6, 6.07) is 0. The van der Waals surface area contributed by atoms with Gasteiger partial charge in [0.05, 0.1) is 22.5 Å². The van der Waals surface area contributed by atoms with E-state index in [9.17, 15) is 0 Å². The van der Waals surface area contributed by atoms with Crippen molar-refractivity contribution in [3.05, 3.63) is 0 Å². The number of hydrogen-bond donors (Lipinski definition) is 2. The van der Waals surface area contributed by atoms with Crippen LogP contribution in [0.2, 0.25) is 0 Å². The predicted molar refractivity (Wildman–Crippen MR) is 91.0 cm³/mol. The van der Waals surface area contributed by atoms with Gasteiger partial charge in [-0.05, 0) is 68.7 Å². The van der Waals surface area contributed by atoms with Crippen molar-refractivity contribution < 1.29 is 4.74 Å². The highest BCUT2D eigenvalue weighted by Gasteiger charge is 2.52. The molecule has 5 nitrogen and oxygen atoms in total. The molecule has 0 aliphatic carbocycles. The zero-order chi connectivity index (χ0) is 17.3. The molecule has 0 heterocycles. The fraction of sp³-hybridized carbons (Fsp3) is 1.00. The molecule has 0 spiro atoms. The van der Waals surface area contributed by atoms with Crippen LogP contribution in [0, 0.1) is 0 Å². The van der Waals surface area contributed by atoms with Gasteiger partial charge in [-0.25, -0.2) is 0 Å².